The maximum Gasteiger partial charge on any atom is 0.414 e. The zero-order valence-corrected chi connectivity index (χ0v) is 17.7. The lowest BCUT2D eigenvalue weighted by Crippen LogP contribution is -2.45. The van der Waals surface area contributed by atoms with Crippen LogP contribution in [-0.2, 0) is 22.7 Å². The molecule has 2 N–H and O–H groups in total. The molecule has 0 saturated carbocycles. The molecule has 30 heavy (non-hydrogen) atoms. The minimum absolute atomic E-state index is 0.715. The number of benzene rings is 2. The van der Waals surface area contributed by atoms with Gasteiger partial charge in [-0.25, -0.2) is 9.59 Å². The van der Waals surface area contributed by atoms with Crippen molar-refractivity contribution in [2.45, 2.75) is 20.0 Å². The number of piperazine rings is 1. The number of carboxylic acid groups (broad SMARTS) is 2. The number of aliphatic carboxylic acids is 2. The van der Waals surface area contributed by atoms with E-state index in [0.29, 0.717) is 6.61 Å². The van der Waals surface area contributed by atoms with Gasteiger partial charge in [0, 0.05) is 44.3 Å². The Morgan fingerprint density at radius 3 is 1.93 bits per heavy atom. The van der Waals surface area contributed by atoms with Gasteiger partial charge in [-0.3, -0.25) is 9.80 Å². The summed E-state index contributed by atoms with van der Waals surface area (Å²) < 4.78 is 5.50. The molecule has 0 unspecified atom stereocenters. The standard InChI is InChI=1S/C20H25ClN2O.C2H2O4/c1-2-24-19-9-7-17(8-10-19)15-22-11-13-23(14-12-22)16-18-5-3-4-6-20(18)21;3-1(4)2(5)6/h3-10H,2,11-16H2,1H3;(H,3,4)(H,5,6). The summed E-state index contributed by atoms with van der Waals surface area (Å²) in [6, 6.07) is 16.6. The van der Waals surface area contributed by atoms with Gasteiger partial charge in [-0.2, -0.15) is 0 Å². The molecule has 0 bridgehead atoms. The van der Waals surface area contributed by atoms with E-state index < -0.39 is 11.9 Å². The van der Waals surface area contributed by atoms with Crippen LogP contribution in [0.25, 0.3) is 0 Å². The lowest BCUT2D eigenvalue weighted by Gasteiger charge is -2.34. The molecule has 1 fully saturated rings. The van der Waals surface area contributed by atoms with Gasteiger partial charge in [-0.05, 0) is 36.2 Å². The average molecular weight is 435 g/mol. The molecule has 2 aromatic rings. The SMILES string of the molecule is CCOc1ccc(CN2CCN(Cc3ccccc3Cl)CC2)cc1.O=C(O)C(=O)O. The molecule has 2 aromatic carbocycles. The smallest absolute Gasteiger partial charge is 0.414 e. The Bertz CT molecular complexity index is 809. The molecule has 1 aliphatic heterocycles. The van der Waals surface area contributed by atoms with Crippen molar-refractivity contribution in [3.63, 3.8) is 0 Å². The molecule has 162 valence electrons. The first-order valence-corrected chi connectivity index (χ1v) is 10.1. The summed E-state index contributed by atoms with van der Waals surface area (Å²) in [6.07, 6.45) is 0. The van der Waals surface area contributed by atoms with Crippen molar-refractivity contribution in [2.24, 2.45) is 0 Å². The molecular formula is C22H27ClN2O5. The van der Waals surface area contributed by atoms with Crippen molar-refractivity contribution in [3.05, 3.63) is 64.7 Å². The number of carboxylic acids is 2. The van der Waals surface area contributed by atoms with Gasteiger partial charge in [-0.15, -0.1) is 0 Å². The summed E-state index contributed by atoms with van der Waals surface area (Å²) in [6.45, 7) is 9.03. The van der Waals surface area contributed by atoms with Gasteiger partial charge in [0.05, 0.1) is 6.61 Å². The van der Waals surface area contributed by atoms with Gasteiger partial charge < -0.3 is 14.9 Å². The second-order valence-corrected chi connectivity index (χ2v) is 7.24. The fourth-order valence-corrected chi connectivity index (χ4v) is 3.28. The highest BCUT2D eigenvalue weighted by atomic mass is 35.5. The zero-order valence-electron chi connectivity index (χ0n) is 17.0. The largest absolute Gasteiger partial charge is 0.494 e. The van der Waals surface area contributed by atoms with Crippen LogP contribution < -0.4 is 4.74 Å². The molecule has 8 heteroatoms. The number of ether oxygens (including phenoxy) is 1. The predicted molar refractivity (Wildman–Crippen MR) is 115 cm³/mol. The third-order valence-electron chi connectivity index (χ3n) is 4.64. The Kier molecular flexibility index (Phi) is 9.60. The van der Waals surface area contributed by atoms with E-state index >= 15 is 0 Å². The van der Waals surface area contributed by atoms with E-state index in [4.69, 9.17) is 36.1 Å². The quantitative estimate of drug-likeness (QED) is 0.674. The van der Waals surface area contributed by atoms with Crippen molar-refractivity contribution in [1.82, 2.24) is 9.80 Å². The number of hydrogen-bond acceptors (Lipinski definition) is 5. The van der Waals surface area contributed by atoms with E-state index in [1.807, 2.05) is 19.1 Å². The molecule has 0 atom stereocenters. The molecule has 3 rings (SSSR count). The van der Waals surface area contributed by atoms with Crippen LogP contribution in [0, 0.1) is 0 Å². The van der Waals surface area contributed by atoms with E-state index in [-0.39, 0.29) is 0 Å². The number of rotatable bonds is 6. The second-order valence-electron chi connectivity index (χ2n) is 6.83. The van der Waals surface area contributed by atoms with E-state index in [1.54, 1.807) is 0 Å². The fraction of sp³-hybridized carbons (Fsp3) is 0.364. The maximum atomic E-state index is 9.10. The van der Waals surface area contributed by atoms with Crippen LogP contribution in [0.3, 0.4) is 0 Å². The first-order chi connectivity index (χ1) is 14.4. The van der Waals surface area contributed by atoms with Gasteiger partial charge in [0.25, 0.3) is 0 Å². The molecule has 0 amide bonds. The van der Waals surface area contributed by atoms with Crippen LogP contribution in [0.1, 0.15) is 18.1 Å². The number of carbonyl (C=O) groups is 2. The highest BCUT2D eigenvalue weighted by molar-refractivity contribution is 6.31. The molecule has 0 aromatic heterocycles. The van der Waals surface area contributed by atoms with Gasteiger partial charge >= 0.3 is 11.9 Å². The first kappa shape index (κ1) is 23.7. The number of nitrogens with zero attached hydrogens (tertiary/aromatic N) is 2. The summed E-state index contributed by atoms with van der Waals surface area (Å²) in [5.41, 5.74) is 2.57. The first-order valence-electron chi connectivity index (χ1n) is 9.75. The van der Waals surface area contributed by atoms with Gasteiger partial charge in [-0.1, -0.05) is 41.9 Å². The predicted octanol–water partition coefficient (Wildman–Crippen LogP) is 3.21. The average Bonchev–Trinajstić information content (AvgIpc) is 2.73. The summed E-state index contributed by atoms with van der Waals surface area (Å²) in [4.78, 5) is 23.2. The van der Waals surface area contributed by atoms with E-state index in [2.05, 4.69) is 46.2 Å². The molecule has 0 aliphatic carbocycles. The van der Waals surface area contributed by atoms with Gasteiger partial charge in [0.15, 0.2) is 0 Å². The van der Waals surface area contributed by atoms with Crippen molar-refractivity contribution >= 4 is 23.5 Å². The molecule has 1 heterocycles. The molecular weight excluding hydrogens is 408 g/mol. The van der Waals surface area contributed by atoms with Crippen LogP contribution in [0.4, 0.5) is 0 Å². The minimum Gasteiger partial charge on any atom is -0.494 e. The topological polar surface area (TPSA) is 90.3 Å². The highest BCUT2D eigenvalue weighted by Crippen LogP contribution is 2.19. The lowest BCUT2D eigenvalue weighted by atomic mass is 10.1. The Morgan fingerprint density at radius 1 is 0.900 bits per heavy atom. The summed E-state index contributed by atoms with van der Waals surface area (Å²) in [5, 5.41) is 15.7. The van der Waals surface area contributed by atoms with E-state index in [1.165, 1.54) is 11.1 Å². The molecule has 7 nitrogen and oxygen atoms in total. The van der Waals surface area contributed by atoms with Crippen LogP contribution in [0.5, 0.6) is 5.75 Å². The second kappa shape index (κ2) is 12.2. The van der Waals surface area contributed by atoms with Crippen molar-refractivity contribution in [3.8, 4) is 5.75 Å². The van der Waals surface area contributed by atoms with Crippen LogP contribution in [-0.4, -0.2) is 64.7 Å². The minimum atomic E-state index is -1.82. The summed E-state index contributed by atoms with van der Waals surface area (Å²) >= 11 is 6.27. The normalized spacial score (nSPS) is 14.5. The number of halogens is 1. The Morgan fingerprint density at radius 2 is 1.43 bits per heavy atom. The lowest BCUT2D eigenvalue weighted by molar-refractivity contribution is -0.159. The van der Waals surface area contributed by atoms with Crippen molar-refractivity contribution in [1.29, 1.82) is 0 Å². The van der Waals surface area contributed by atoms with Crippen LogP contribution in [0.15, 0.2) is 48.5 Å². The van der Waals surface area contributed by atoms with E-state index in [9.17, 15) is 0 Å². The van der Waals surface area contributed by atoms with Gasteiger partial charge in [0.2, 0.25) is 0 Å². The Labute approximate surface area is 181 Å². The summed E-state index contributed by atoms with van der Waals surface area (Å²) in [5.74, 6) is -2.70. The monoisotopic (exact) mass is 434 g/mol. The Balaban J connectivity index is 0.000000469. The van der Waals surface area contributed by atoms with Crippen molar-refractivity contribution < 1.29 is 24.5 Å². The van der Waals surface area contributed by atoms with Gasteiger partial charge in [0.1, 0.15) is 5.75 Å². The Hall–Kier alpha value is -2.61. The maximum absolute atomic E-state index is 9.10. The third-order valence-corrected chi connectivity index (χ3v) is 5.01. The molecule has 0 spiro atoms. The van der Waals surface area contributed by atoms with Crippen LogP contribution in [0.2, 0.25) is 5.02 Å². The zero-order chi connectivity index (χ0) is 21.9. The highest BCUT2D eigenvalue weighted by Gasteiger charge is 2.17. The summed E-state index contributed by atoms with van der Waals surface area (Å²) in [7, 11) is 0. The fourth-order valence-electron chi connectivity index (χ4n) is 3.09. The molecule has 0 radical (unpaired) electrons. The third kappa shape index (κ3) is 8.02. The van der Waals surface area contributed by atoms with Crippen molar-refractivity contribution in [2.75, 3.05) is 32.8 Å². The van der Waals surface area contributed by atoms with Crippen LogP contribution >= 0.6 is 11.6 Å². The van der Waals surface area contributed by atoms with E-state index in [0.717, 1.165) is 50.0 Å². The number of hydrogen-bond donors (Lipinski definition) is 2. The molecule has 1 saturated heterocycles. The molecule has 1 aliphatic rings.